The Kier molecular flexibility index (Phi) is 19.5. The molecule has 0 aromatic carbocycles. The Labute approximate surface area is 212 Å². The van der Waals surface area contributed by atoms with E-state index in [1.165, 1.54) is 51.4 Å². The fraction of sp³-hybridized carbons (Fsp3) is 0.933. The van der Waals surface area contributed by atoms with Crippen molar-refractivity contribution in [3.63, 3.8) is 0 Å². The van der Waals surface area contributed by atoms with Crippen LogP contribution in [0, 0.1) is 35.5 Å². The van der Waals surface area contributed by atoms with Gasteiger partial charge in [-0.2, -0.15) is 0 Å². The lowest BCUT2D eigenvalue weighted by Crippen LogP contribution is -2.34. The molecule has 0 amide bonds. The minimum atomic E-state index is -0.0411. The van der Waals surface area contributed by atoms with Gasteiger partial charge in [-0.25, -0.2) is 0 Å². The van der Waals surface area contributed by atoms with Gasteiger partial charge >= 0.3 is 11.9 Å². The van der Waals surface area contributed by atoms with E-state index in [1.807, 2.05) is 0 Å². The van der Waals surface area contributed by atoms with E-state index < -0.39 is 0 Å². The first-order chi connectivity index (χ1) is 16.1. The molecule has 4 nitrogen and oxygen atoms in total. The summed E-state index contributed by atoms with van der Waals surface area (Å²) in [4.78, 5) is 24.4. The predicted octanol–water partition coefficient (Wildman–Crippen LogP) is 8.61. The summed E-state index contributed by atoms with van der Waals surface area (Å²) in [7, 11) is 0. The van der Waals surface area contributed by atoms with Crippen LogP contribution in [-0.4, -0.2) is 25.2 Å². The van der Waals surface area contributed by atoms with E-state index in [2.05, 4.69) is 55.4 Å². The third kappa shape index (κ3) is 17.4. The maximum absolute atomic E-state index is 12.8. The zero-order chi connectivity index (χ0) is 25.9. The third-order valence-corrected chi connectivity index (χ3v) is 6.61. The number of rotatable bonds is 21. The molecule has 2 atom stereocenters. The molecule has 202 valence electrons. The highest BCUT2D eigenvalue weighted by Gasteiger charge is 2.34. The highest BCUT2D eigenvalue weighted by atomic mass is 16.5. The van der Waals surface area contributed by atoms with Gasteiger partial charge in [-0.05, 0) is 42.4 Å². The minimum absolute atomic E-state index is 0.00912. The Morgan fingerprint density at radius 1 is 0.559 bits per heavy atom. The molecule has 4 heteroatoms. The topological polar surface area (TPSA) is 52.6 Å². The summed E-state index contributed by atoms with van der Waals surface area (Å²) in [6.07, 6.45) is 13.9. The van der Waals surface area contributed by atoms with Crippen molar-refractivity contribution in [1.29, 1.82) is 0 Å². The van der Waals surface area contributed by atoms with Gasteiger partial charge in [0.25, 0.3) is 0 Å². The summed E-state index contributed by atoms with van der Waals surface area (Å²) in [5.41, 5.74) is 0. The standard InChI is InChI=1S/C30H58O4/c1-23(2)21-33-28(31)20-18-16-14-12-10-9-11-13-15-17-19-27(25(5)6)29(26(7)8)30(32)34-22-24(3)4/h23-27,29H,9-22H2,1-8H3. The van der Waals surface area contributed by atoms with Crippen molar-refractivity contribution in [2.24, 2.45) is 35.5 Å². The van der Waals surface area contributed by atoms with Gasteiger partial charge in [0.2, 0.25) is 0 Å². The summed E-state index contributed by atoms with van der Waals surface area (Å²) in [6.45, 7) is 18.2. The van der Waals surface area contributed by atoms with Gasteiger partial charge in [-0.15, -0.1) is 0 Å². The van der Waals surface area contributed by atoms with Crippen LogP contribution in [0.25, 0.3) is 0 Å². The molecule has 0 saturated carbocycles. The van der Waals surface area contributed by atoms with E-state index in [1.54, 1.807) is 0 Å². The molecule has 0 fully saturated rings. The molecular formula is C30H58O4. The van der Waals surface area contributed by atoms with Crippen molar-refractivity contribution >= 4 is 11.9 Å². The summed E-state index contributed by atoms with van der Waals surface area (Å²) >= 11 is 0. The summed E-state index contributed by atoms with van der Waals surface area (Å²) < 4.78 is 10.9. The van der Waals surface area contributed by atoms with Crippen LogP contribution in [0.3, 0.4) is 0 Å². The molecule has 0 aliphatic rings. The van der Waals surface area contributed by atoms with Crippen molar-refractivity contribution in [2.75, 3.05) is 13.2 Å². The summed E-state index contributed by atoms with van der Waals surface area (Å²) in [5, 5.41) is 0. The fourth-order valence-corrected chi connectivity index (χ4v) is 4.61. The third-order valence-electron chi connectivity index (χ3n) is 6.61. The normalized spacial score (nSPS) is 13.6. The van der Waals surface area contributed by atoms with Crippen LogP contribution in [-0.2, 0) is 19.1 Å². The smallest absolute Gasteiger partial charge is 0.309 e. The minimum Gasteiger partial charge on any atom is -0.465 e. The van der Waals surface area contributed by atoms with Crippen LogP contribution < -0.4 is 0 Å². The number of hydrogen-bond acceptors (Lipinski definition) is 4. The monoisotopic (exact) mass is 482 g/mol. The first-order valence-electron chi connectivity index (χ1n) is 14.4. The number of esters is 2. The van der Waals surface area contributed by atoms with E-state index in [0.29, 0.717) is 49.2 Å². The number of hydrogen-bond donors (Lipinski definition) is 0. The van der Waals surface area contributed by atoms with Crippen molar-refractivity contribution in [2.45, 2.75) is 132 Å². The predicted molar refractivity (Wildman–Crippen MR) is 144 cm³/mol. The Bertz CT molecular complexity index is 510. The Hall–Kier alpha value is -1.06. The molecule has 0 N–H and O–H groups in total. The van der Waals surface area contributed by atoms with E-state index in [4.69, 9.17) is 9.47 Å². The average Bonchev–Trinajstić information content (AvgIpc) is 2.75. The second kappa shape index (κ2) is 20.2. The molecule has 0 aromatic heterocycles. The maximum atomic E-state index is 12.8. The Balaban J connectivity index is 3.94. The molecule has 0 aromatic rings. The first kappa shape index (κ1) is 32.9. The zero-order valence-corrected chi connectivity index (χ0v) is 24.0. The lowest BCUT2D eigenvalue weighted by atomic mass is 9.74. The van der Waals surface area contributed by atoms with Gasteiger partial charge < -0.3 is 9.47 Å². The number of carbonyl (C=O) groups excluding carboxylic acids is 2. The maximum Gasteiger partial charge on any atom is 0.309 e. The molecule has 0 aliphatic carbocycles. The number of ether oxygens (including phenoxy) is 2. The van der Waals surface area contributed by atoms with Crippen molar-refractivity contribution < 1.29 is 19.1 Å². The van der Waals surface area contributed by atoms with Crippen LogP contribution in [0.2, 0.25) is 0 Å². The zero-order valence-electron chi connectivity index (χ0n) is 24.0. The van der Waals surface area contributed by atoms with Crippen molar-refractivity contribution in [1.82, 2.24) is 0 Å². The van der Waals surface area contributed by atoms with E-state index >= 15 is 0 Å². The molecule has 0 spiro atoms. The largest absolute Gasteiger partial charge is 0.465 e. The summed E-state index contributed by atoms with van der Waals surface area (Å²) in [5.74, 6) is 1.99. The Morgan fingerprint density at radius 3 is 1.44 bits per heavy atom. The van der Waals surface area contributed by atoms with Gasteiger partial charge in [0, 0.05) is 6.42 Å². The molecule has 0 saturated heterocycles. The van der Waals surface area contributed by atoms with Crippen LogP contribution in [0.1, 0.15) is 132 Å². The van der Waals surface area contributed by atoms with E-state index in [0.717, 1.165) is 19.3 Å². The molecule has 2 unspecified atom stereocenters. The van der Waals surface area contributed by atoms with Crippen LogP contribution in [0.4, 0.5) is 0 Å². The van der Waals surface area contributed by atoms with Crippen LogP contribution in [0.5, 0.6) is 0 Å². The molecule has 0 heterocycles. The van der Waals surface area contributed by atoms with Crippen LogP contribution >= 0.6 is 0 Å². The molecule has 34 heavy (non-hydrogen) atoms. The average molecular weight is 483 g/mol. The Morgan fingerprint density at radius 2 is 1.00 bits per heavy atom. The van der Waals surface area contributed by atoms with E-state index in [-0.39, 0.29) is 17.9 Å². The molecule has 0 rings (SSSR count). The molecular weight excluding hydrogens is 424 g/mol. The quantitative estimate of drug-likeness (QED) is 0.121. The van der Waals surface area contributed by atoms with Gasteiger partial charge in [0.05, 0.1) is 19.1 Å². The van der Waals surface area contributed by atoms with Crippen molar-refractivity contribution in [3.05, 3.63) is 0 Å². The highest BCUT2D eigenvalue weighted by molar-refractivity contribution is 5.73. The second-order valence-electron chi connectivity index (χ2n) is 11.9. The van der Waals surface area contributed by atoms with Gasteiger partial charge in [0.1, 0.15) is 0 Å². The number of carbonyl (C=O) groups is 2. The molecule has 0 bridgehead atoms. The van der Waals surface area contributed by atoms with Crippen LogP contribution in [0.15, 0.2) is 0 Å². The SMILES string of the molecule is CC(C)COC(=O)CCCCCCCCCCCCC(C(C)C)C(C(=O)OCC(C)C)C(C)C. The first-order valence-corrected chi connectivity index (χ1v) is 14.4. The lowest BCUT2D eigenvalue weighted by Gasteiger charge is -2.31. The van der Waals surface area contributed by atoms with Gasteiger partial charge in [0.15, 0.2) is 0 Å². The van der Waals surface area contributed by atoms with E-state index in [9.17, 15) is 9.59 Å². The second-order valence-corrected chi connectivity index (χ2v) is 11.9. The molecule has 0 radical (unpaired) electrons. The fourth-order valence-electron chi connectivity index (χ4n) is 4.61. The van der Waals surface area contributed by atoms with Gasteiger partial charge in [-0.3, -0.25) is 9.59 Å². The number of unbranched alkanes of at least 4 members (excludes halogenated alkanes) is 9. The lowest BCUT2D eigenvalue weighted by molar-refractivity contribution is -0.154. The van der Waals surface area contributed by atoms with Crippen molar-refractivity contribution in [3.8, 4) is 0 Å². The summed E-state index contributed by atoms with van der Waals surface area (Å²) in [6, 6.07) is 0. The van der Waals surface area contributed by atoms with Gasteiger partial charge in [-0.1, -0.05) is 113 Å². The molecule has 0 aliphatic heterocycles. The highest BCUT2D eigenvalue weighted by Crippen LogP contribution is 2.33.